The van der Waals surface area contributed by atoms with Gasteiger partial charge in [0.15, 0.2) is 0 Å². The van der Waals surface area contributed by atoms with Crippen LogP contribution in [0.1, 0.15) is 25.7 Å². The van der Waals surface area contributed by atoms with E-state index in [0.717, 1.165) is 0 Å². The number of amides is 2. The zero-order chi connectivity index (χ0) is 16.2. The van der Waals surface area contributed by atoms with E-state index >= 15 is 0 Å². The number of carbonyl (C=O) groups is 2. The van der Waals surface area contributed by atoms with Gasteiger partial charge in [0, 0.05) is 31.4 Å². The molecule has 3 atom stereocenters. The lowest BCUT2D eigenvalue weighted by Crippen LogP contribution is -2.46. The van der Waals surface area contributed by atoms with Crippen LogP contribution in [0.4, 0.5) is 5.69 Å². The van der Waals surface area contributed by atoms with Crippen LogP contribution in [0.3, 0.4) is 0 Å². The second kappa shape index (κ2) is 7.10. The number of likely N-dealkylation sites (N-methyl/N-ethyl adjacent to an activating group) is 1. The minimum absolute atomic E-state index is 0.207. The molecule has 6 heteroatoms. The highest BCUT2D eigenvalue weighted by atomic mass is 16.2. The van der Waals surface area contributed by atoms with Gasteiger partial charge in [-0.05, 0) is 30.9 Å². The number of hydrogen-bond acceptors (Lipinski definition) is 4. The van der Waals surface area contributed by atoms with E-state index < -0.39 is 11.8 Å². The number of nitrogens with one attached hydrogen (secondary N) is 3. The maximum atomic E-state index is 12.3. The molecule has 1 aromatic carbocycles. The van der Waals surface area contributed by atoms with Crippen LogP contribution in [-0.2, 0) is 9.59 Å². The van der Waals surface area contributed by atoms with Gasteiger partial charge in [0.05, 0.1) is 0 Å². The molecular weight excluding hydrogens is 292 g/mol. The van der Waals surface area contributed by atoms with Crippen molar-refractivity contribution in [1.29, 1.82) is 0 Å². The Morgan fingerprint density at radius 3 is 2.70 bits per heavy atom. The summed E-state index contributed by atoms with van der Waals surface area (Å²) in [6.45, 7) is 0.537. The fourth-order valence-electron chi connectivity index (χ4n) is 3.58. The third kappa shape index (κ3) is 3.71. The summed E-state index contributed by atoms with van der Waals surface area (Å²) in [7, 11) is 1.69. The lowest BCUT2D eigenvalue weighted by molar-refractivity contribution is -0.142. The van der Waals surface area contributed by atoms with Crippen molar-refractivity contribution in [1.82, 2.24) is 15.8 Å². The van der Waals surface area contributed by atoms with E-state index in [1.54, 1.807) is 19.2 Å². The van der Waals surface area contributed by atoms with Crippen LogP contribution >= 0.6 is 0 Å². The zero-order valence-electron chi connectivity index (χ0n) is 13.4. The number of anilines is 1. The molecule has 0 aromatic heterocycles. The summed E-state index contributed by atoms with van der Waals surface area (Å²) in [5.74, 6) is -0.559. The monoisotopic (exact) mass is 316 g/mol. The molecule has 3 N–H and O–H groups in total. The van der Waals surface area contributed by atoms with Gasteiger partial charge >= 0.3 is 11.8 Å². The van der Waals surface area contributed by atoms with Crippen molar-refractivity contribution in [2.24, 2.45) is 5.92 Å². The fraction of sp³-hybridized carbons (Fsp3) is 0.529. The van der Waals surface area contributed by atoms with Gasteiger partial charge in [0.1, 0.15) is 0 Å². The highest BCUT2D eigenvalue weighted by Gasteiger charge is 2.38. The second-order valence-corrected chi connectivity index (χ2v) is 6.46. The van der Waals surface area contributed by atoms with Gasteiger partial charge in [-0.2, -0.15) is 0 Å². The van der Waals surface area contributed by atoms with E-state index in [4.69, 9.17) is 0 Å². The van der Waals surface area contributed by atoms with Crippen molar-refractivity contribution in [3.05, 3.63) is 30.3 Å². The lowest BCUT2D eigenvalue weighted by atomic mass is 9.81. The topological polar surface area (TPSA) is 73.5 Å². The van der Waals surface area contributed by atoms with Gasteiger partial charge in [-0.3, -0.25) is 20.4 Å². The molecule has 6 nitrogen and oxygen atoms in total. The van der Waals surface area contributed by atoms with E-state index in [9.17, 15) is 9.59 Å². The molecule has 1 aliphatic heterocycles. The Balaban J connectivity index is 1.54. The van der Waals surface area contributed by atoms with E-state index in [1.165, 1.54) is 30.6 Å². The van der Waals surface area contributed by atoms with Crippen molar-refractivity contribution < 1.29 is 9.59 Å². The van der Waals surface area contributed by atoms with E-state index in [-0.39, 0.29) is 6.04 Å². The first kappa shape index (κ1) is 16.0. The van der Waals surface area contributed by atoms with Gasteiger partial charge in [-0.1, -0.05) is 31.0 Å². The molecule has 1 aromatic rings. The Morgan fingerprint density at radius 1 is 1.17 bits per heavy atom. The molecule has 1 saturated heterocycles. The summed E-state index contributed by atoms with van der Waals surface area (Å²) < 4.78 is 0. The van der Waals surface area contributed by atoms with Crippen molar-refractivity contribution in [2.45, 2.75) is 37.8 Å². The minimum Gasteiger partial charge on any atom is -0.336 e. The normalized spacial score (nSPS) is 26.4. The van der Waals surface area contributed by atoms with Crippen molar-refractivity contribution in [3.8, 4) is 0 Å². The summed E-state index contributed by atoms with van der Waals surface area (Å²) in [4.78, 5) is 25.8. The minimum atomic E-state index is -0.593. The maximum Gasteiger partial charge on any atom is 0.313 e. The molecule has 1 heterocycles. The van der Waals surface area contributed by atoms with Crippen molar-refractivity contribution in [2.75, 3.05) is 18.9 Å². The number of carbonyl (C=O) groups excluding carboxylic acids is 2. The average Bonchev–Trinajstić information content (AvgIpc) is 2.98. The van der Waals surface area contributed by atoms with E-state index in [1.807, 2.05) is 18.2 Å². The van der Waals surface area contributed by atoms with Crippen LogP contribution < -0.4 is 16.2 Å². The number of benzene rings is 1. The predicted molar refractivity (Wildman–Crippen MR) is 88.5 cm³/mol. The van der Waals surface area contributed by atoms with Crippen LogP contribution in [-0.4, -0.2) is 42.4 Å². The first-order valence-corrected chi connectivity index (χ1v) is 8.27. The van der Waals surface area contributed by atoms with Gasteiger partial charge in [0.25, 0.3) is 0 Å². The van der Waals surface area contributed by atoms with Gasteiger partial charge in [-0.15, -0.1) is 0 Å². The molecule has 2 aliphatic rings. The summed E-state index contributed by atoms with van der Waals surface area (Å²) in [5, 5.41) is 2.64. The van der Waals surface area contributed by atoms with Gasteiger partial charge in [-0.25, -0.2) is 0 Å². The number of hydrogen-bond donors (Lipinski definition) is 3. The van der Waals surface area contributed by atoms with Crippen LogP contribution in [0.25, 0.3) is 0 Å². The maximum absolute atomic E-state index is 12.3. The largest absolute Gasteiger partial charge is 0.336 e. The van der Waals surface area contributed by atoms with Gasteiger partial charge < -0.3 is 10.2 Å². The smallest absolute Gasteiger partial charge is 0.313 e. The van der Waals surface area contributed by atoms with E-state index in [2.05, 4.69) is 16.2 Å². The number of fused-ring (bicyclic) bond motifs is 1. The highest BCUT2D eigenvalue weighted by Crippen LogP contribution is 2.30. The molecule has 0 spiro atoms. The third-order valence-corrected chi connectivity index (χ3v) is 4.83. The summed E-state index contributed by atoms with van der Waals surface area (Å²) in [5.41, 5.74) is 7.26. The average molecular weight is 316 g/mol. The zero-order valence-corrected chi connectivity index (χ0v) is 13.4. The Morgan fingerprint density at radius 2 is 1.91 bits per heavy atom. The molecule has 1 aliphatic carbocycles. The first-order valence-electron chi connectivity index (χ1n) is 8.27. The third-order valence-electron chi connectivity index (χ3n) is 4.83. The van der Waals surface area contributed by atoms with Crippen LogP contribution in [0, 0.1) is 5.92 Å². The summed E-state index contributed by atoms with van der Waals surface area (Å²) in [6, 6.07) is 9.74. The van der Waals surface area contributed by atoms with Crippen molar-refractivity contribution >= 4 is 17.5 Å². The second-order valence-electron chi connectivity index (χ2n) is 6.46. The number of para-hydroxylation sites is 1. The Labute approximate surface area is 136 Å². The lowest BCUT2D eigenvalue weighted by Gasteiger charge is -2.29. The SMILES string of the molecule is CN(CC1NNC2CCCCC21)C(=O)C(=O)Nc1ccccc1. The molecule has 3 rings (SSSR count). The first-order chi connectivity index (χ1) is 11.1. The molecule has 0 bridgehead atoms. The molecule has 0 radical (unpaired) electrons. The predicted octanol–water partition coefficient (Wildman–Crippen LogP) is 1.12. The molecule has 2 fully saturated rings. The number of nitrogens with zero attached hydrogens (tertiary/aromatic N) is 1. The molecule has 3 unspecified atom stereocenters. The van der Waals surface area contributed by atoms with Crippen molar-refractivity contribution in [3.63, 3.8) is 0 Å². The van der Waals surface area contributed by atoms with Crippen LogP contribution in [0.15, 0.2) is 30.3 Å². The van der Waals surface area contributed by atoms with Gasteiger partial charge in [0.2, 0.25) is 0 Å². The Hall–Kier alpha value is -1.92. The number of rotatable bonds is 3. The summed E-state index contributed by atoms with van der Waals surface area (Å²) >= 11 is 0. The van der Waals surface area contributed by atoms with E-state index in [0.29, 0.717) is 24.2 Å². The number of hydrazine groups is 1. The molecule has 2 amide bonds. The highest BCUT2D eigenvalue weighted by molar-refractivity contribution is 6.39. The summed E-state index contributed by atoms with van der Waals surface area (Å²) in [6.07, 6.45) is 4.86. The Kier molecular flexibility index (Phi) is 4.93. The molecule has 1 saturated carbocycles. The molecule has 124 valence electrons. The standard InChI is InChI=1S/C17H24N4O2/c1-21(11-15-13-9-5-6-10-14(13)19-20-15)17(23)16(22)18-12-7-3-2-4-8-12/h2-4,7-8,13-15,19-20H,5-6,9-11H2,1H3,(H,18,22). The van der Waals surface area contributed by atoms with Crippen LogP contribution in [0.2, 0.25) is 0 Å². The Bertz CT molecular complexity index is 563. The van der Waals surface area contributed by atoms with Crippen LogP contribution in [0.5, 0.6) is 0 Å². The molecule has 23 heavy (non-hydrogen) atoms. The molecular formula is C17H24N4O2. The quantitative estimate of drug-likeness (QED) is 0.731. The fourth-order valence-corrected chi connectivity index (χ4v) is 3.58.